The number of amides is 2. The summed E-state index contributed by atoms with van der Waals surface area (Å²) in [5.74, 6) is 0. The Bertz CT molecular complexity index is 721. The zero-order chi connectivity index (χ0) is 13.8. The minimum absolute atomic E-state index is 0.221. The van der Waals surface area contributed by atoms with Crippen molar-refractivity contribution in [2.75, 3.05) is 5.32 Å². The van der Waals surface area contributed by atoms with Crippen LogP contribution in [0.4, 0.5) is 10.5 Å². The highest BCUT2D eigenvalue weighted by Crippen LogP contribution is 2.12. The molecule has 0 atom stereocenters. The number of para-hydroxylation sites is 1. The van der Waals surface area contributed by atoms with Gasteiger partial charge in [0.1, 0.15) is 0 Å². The van der Waals surface area contributed by atoms with E-state index in [0.717, 1.165) is 22.2 Å². The quantitative estimate of drug-likeness (QED) is 0.682. The molecule has 0 unspecified atom stereocenters. The molecule has 2 amide bonds. The van der Waals surface area contributed by atoms with Crippen LogP contribution >= 0.6 is 0 Å². The van der Waals surface area contributed by atoms with Gasteiger partial charge in [-0.2, -0.15) is 5.10 Å². The van der Waals surface area contributed by atoms with Crippen LogP contribution in [0, 0.1) is 0 Å². The zero-order valence-electron chi connectivity index (χ0n) is 10.8. The number of nitrogens with zero attached hydrogens (tertiary/aromatic N) is 1. The Balaban J connectivity index is 1.59. The molecule has 0 spiro atoms. The average molecular weight is 266 g/mol. The van der Waals surface area contributed by atoms with Crippen molar-refractivity contribution < 1.29 is 4.79 Å². The van der Waals surface area contributed by atoms with Gasteiger partial charge in [0.05, 0.1) is 11.7 Å². The Morgan fingerprint density at radius 1 is 1.15 bits per heavy atom. The van der Waals surface area contributed by atoms with E-state index in [-0.39, 0.29) is 6.03 Å². The molecule has 0 aliphatic rings. The average Bonchev–Trinajstić information content (AvgIpc) is 2.93. The second kappa shape index (κ2) is 5.44. The summed E-state index contributed by atoms with van der Waals surface area (Å²) < 4.78 is 0. The molecule has 5 nitrogen and oxygen atoms in total. The van der Waals surface area contributed by atoms with Gasteiger partial charge in [-0.25, -0.2) is 4.79 Å². The third kappa shape index (κ3) is 2.77. The lowest BCUT2D eigenvalue weighted by molar-refractivity contribution is 0.251. The first kappa shape index (κ1) is 12.2. The van der Waals surface area contributed by atoms with Gasteiger partial charge >= 0.3 is 6.03 Å². The molecular formula is C15H14N4O. The third-order valence-electron chi connectivity index (χ3n) is 2.99. The number of H-pyrrole nitrogens is 1. The van der Waals surface area contributed by atoms with Gasteiger partial charge in [0.25, 0.3) is 0 Å². The first-order chi connectivity index (χ1) is 9.81. The summed E-state index contributed by atoms with van der Waals surface area (Å²) in [6.45, 7) is 0.466. The Hall–Kier alpha value is -2.82. The third-order valence-corrected chi connectivity index (χ3v) is 2.99. The van der Waals surface area contributed by atoms with Gasteiger partial charge in [0, 0.05) is 17.6 Å². The van der Waals surface area contributed by atoms with Crippen LogP contribution in [0.3, 0.4) is 0 Å². The smallest absolute Gasteiger partial charge is 0.319 e. The molecule has 5 heteroatoms. The molecule has 0 bridgehead atoms. The SMILES string of the molecule is O=C(NCc1ccc2cn[nH]c2c1)Nc1ccccc1. The summed E-state index contributed by atoms with van der Waals surface area (Å²) in [6.07, 6.45) is 1.77. The Morgan fingerprint density at radius 2 is 2.00 bits per heavy atom. The van der Waals surface area contributed by atoms with Crippen LogP contribution in [0.25, 0.3) is 10.9 Å². The number of carbonyl (C=O) groups excluding carboxylic acids is 1. The Kier molecular flexibility index (Phi) is 3.33. The molecule has 100 valence electrons. The molecule has 3 N–H and O–H groups in total. The summed E-state index contributed by atoms with van der Waals surface area (Å²) in [4.78, 5) is 11.8. The predicted octanol–water partition coefficient (Wildman–Crippen LogP) is 2.88. The van der Waals surface area contributed by atoms with Crippen LogP contribution in [0.15, 0.2) is 54.7 Å². The molecule has 3 rings (SSSR count). The lowest BCUT2D eigenvalue weighted by Crippen LogP contribution is -2.28. The highest BCUT2D eigenvalue weighted by Gasteiger charge is 2.02. The Labute approximate surface area is 116 Å². The molecule has 3 aromatic rings. The van der Waals surface area contributed by atoms with E-state index in [4.69, 9.17) is 0 Å². The molecule has 1 aromatic heterocycles. The summed E-state index contributed by atoms with van der Waals surface area (Å²) in [7, 11) is 0. The van der Waals surface area contributed by atoms with Gasteiger partial charge in [-0.15, -0.1) is 0 Å². The van der Waals surface area contributed by atoms with Crippen molar-refractivity contribution in [1.82, 2.24) is 15.5 Å². The summed E-state index contributed by atoms with van der Waals surface area (Å²) in [6, 6.07) is 15.1. The van der Waals surface area contributed by atoms with E-state index in [1.54, 1.807) is 6.20 Å². The van der Waals surface area contributed by atoms with Crippen LogP contribution in [0.5, 0.6) is 0 Å². The van der Waals surface area contributed by atoms with Crippen LogP contribution in [0.2, 0.25) is 0 Å². The maximum Gasteiger partial charge on any atom is 0.319 e. The van der Waals surface area contributed by atoms with Crippen molar-refractivity contribution in [1.29, 1.82) is 0 Å². The first-order valence-corrected chi connectivity index (χ1v) is 6.33. The first-order valence-electron chi connectivity index (χ1n) is 6.33. The fraction of sp³-hybridized carbons (Fsp3) is 0.0667. The monoisotopic (exact) mass is 266 g/mol. The number of benzene rings is 2. The minimum atomic E-state index is -0.221. The number of hydrogen-bond donors (Lipinski definition) is 3. The molecule has 2 aromatic carbocycles. The van der Waals surface area contributed by atoms with Gasteiger partial charge in [-0.1, -0.05) is 30.3 Å². The number of hydrogen-bond acceptors (Lipinski definition) is 2. The number of aromatic nitrogens is 2. The van der Waals surface area contributed by atoms with Crippen molar-refractivity contribution in [2.24, 2.45) is 0 Å². The lowest BCUT2D eigenvalue weighted by Gasteiger charge is -2.07. The van der Waals surface area contributed by atoms with Gasteiger partial charge in [0.15, 0.2) is 0 Å². The Morgan fingerprint density at radius 3 is 2.85 bits per heavy atom. The van der Waals surface area contributed by atoms with Crippen molar-refractivity contribution >= 4 is 22.6 Å². The number of rotatable bonds is 3. The van der Waals surface area contributed by atoms with Crippen LogP contribution in [0.1, 0.15) is 5.56 Å². The normalized spacial score (nSPS) is 10.4. The zero-order valence-corrected chi connectivity index (χ0v) is 10.8. The molecule has 0 aliphatic carbocycles. The van der Waals surface area contributed by atoms with Crippen molar-refractivity contribution in [3.63, 3.8) is 0 Å². The standard InChI is InChI=1S/C15H14N4O/c20-15(18-13-4-2-1-3-5-13)16-9-11-6-7-12-10-17-19-14(12)8-11/h1-8,10H,9H2,(H,17,19)(H2,16,18,20). The summed E-state index contributed by atoms with van der Waals surface area (Å²) in [5.41, 5.74) is 2.76. The van der Waals surface area contributed by atoms with Crippen molar-refractivity contribution in [2.45, 2.75) is 6.54 Å². The number of nitrogens with one attached hydrogen (secondary N) is 3. The number of anilines is 1. The van der Waals surface area contributed by atoms with Gasteiger partial charge < -0.3 is 10.6 Å². The van der Waals surface area contributed by atoms with Crippen LogP contribution in [-0.2, 0) is 6.54 Å². The molecule has 1 heterocycles. The largest absolute Gasteiger partial charge is 0.334 e. The summed E-state index contributed by atoms with van der Waals surface area (Å²) in [5, 5.41) is 13.5. The van der Waals surface area contributed by atoms with Gasteiger partial charge in [0.2, 0.25) is 0 Å². The van der Waals surface area contributed by atoms with Gasteiger partial charge in [-0.05, 0) is 23.8 Å². The number of aromatic amines is 1. The highest BCUT2D eigenvalue weighted by atomic mass is 16.2. The molecular weight excluding hydrogens is 252 g/mol. The fourth-order valence-corrected chi connectivity index (χ4v) is 1.97. The van der Waals surface area contributed by atoms with Gasteiger partial charge in [-0.3, -0.25) is 5.10 Å². The van der Waals surface area contributed by atoms with Crippen molar-refractivity contribution in [3.8, 4) is 0 Å². The van der Waals surface area contributed by atoms with Crippen LogP contribution < -0.4 is 10.6 Å². The minimum Gasteiger partial charge on any atom is -0.334 e. The number of urea groups is 1. The molecule has 20 heavy (non-hydrogen) atoms. The van der Waals surface area contributed by atoms with E-state index in [1.165, 1.54) is 0 Å². The van der Waals surface area contributed by atoms with E-state index in [1.807, 2.05) is 48.5 Å². The lowest BCUT2D eigenvalue weighted by atomic mass is 10.2. The maximum absolute atomic E-state index is 11.8. The second-order valence-electron chi connectivity index (χ2n) is 4.47. The van der Waals surface area contributed by atoms with E-state index in [9.17, 15) is 4.79 Å². The van der Waals surface area contributed by atoms with E-state index in [2.05, 4.69) is 20.8 Å². The predicted molar refractivity (Wildman–Crippen MR) is 78.4 cm³/mol. The van der Waals surface area contributed by atoms with E-state index >= 15 is 0 Å². The van der Waals surface area contributed by atoms with E-state index < -0.39 is 0 Å². The highest BCUT2D eigenvalue weighted by molar-refractivity contribution is 5.89. The maximum atomic E-state index is 11.8. The topological polar surface area (TPSA) is 69.8 Å². The van der Waals surface area contributed by atoms with Crippen molar-refractivity contribution in [3.05, 3.63) is 60.3 Å². The molecule has 0 saturated carbocycles. The molecule has 0 saturated heterocycles. The number of carbonyl (C=O) groups is 1. The summed E-state index contributed by atoms with van der Waals surface area (Å²) >= 11 is 0. The number of fused-ring (bicyclic) bond motifs is 1. The molecule has 0 radical (unpaired) electrons. The molecule has 0 fully saturated rings. The second-order valence-corrected chi connectivity index (χ2v) is 4.47. The fourth-order valence-electron chi connectivity index (χ4n) is 1.97. The van der Waals surface area contributed by atoms with E-state index in [0.29, 0.717) is 6.54 Å². The molecule has 0 aliphatic heterocycles. The van der Waals surface area contributed by atoms with Crippen LogP contribution in [-0.4, -0.2) is 16.2 Å².